The summed E-state index contributed by atoms with van der Waals surface area (Å²) in [5.41, 5.74) is 5.60. The number of hydrogen-bond donors (Lipinski definition) is 1. The topological polar surface area (TPSA) is 64.3 Å². The van der Waals surface area contributed by atoms with Crippen LogP contribution in [0.2, 0.25) is 0 Å². The molecule has 2 rings (SSSR count). The lowest BCUT2D eigenvalue weighted by Gasteiger charge is -2.21. The van der Waals surface area contributed by atoms with Gasteiger partial charge in [0.1, 0.15) is 0 Å². The predicted octanol–water partition coefficient (Wildman–Crippen LogP) is 0.803. The van der Waals surface area contributed by atoms with Crippen LogP contribution in [0.4, 0.5) is 5.95 Å². The van der Waals surface area contributed by atoms with Gasteiger partial charge in [0.25, 0.3) is 0 Å². The van der Waals surface area contributed by atoms with Crippen molar-refractivity contribution in [2.24, 2.45) is 5.73 Å². The minimum atomic E-state index is 0.570. The van der Waals surface area contributed by atoms with Gasteiger partial charge >= 0.3 is 0 Å². The van der Waals surface area contributed by atoms with Crippen LogP contribution >= 0.6 is 0 Å². The fraction of sp³-hybridized carbons (Fsp3) is 0.636. The monoisotopic (exact) mass is 222 g/mol. The molecule has 1 aromatic heterocycles. The van der Waals surface area contributed by atoms with E-state index in [4.69, 9.17) is 10.5 Å². The van der Waals surface area contributed by atoms with Crippen LogP contribution in [0.15, 0.2) is 12.3 Å². The minimum Gasteiger partial charge on any atom is -0.478 e. The zero-order valence-electron chi connectivity index (χ0n) is 9.59. The van der Waals surface area contributed by atoms with Crippen molar-refractivity contribution in [2.45, 2.75) is 25.8 Å². The van der Waals surface area contributed by atoms with Gasteiger partial charge in [0.2, 0.25) is 11.8 Å². The number of nitrogens with two attached hydrogens (primary N) is 1. The smallest absolute Gasteiger partial charge is 0.228 e. The Morgan fingerprint density at radius 2 is 2.38 bits per heavy atom. The summed E-state index contributed by atoms with van der Waals surface area (Å²) in [6.07, 6.45) is 4.16. The van der Waals surface area contributed by atoms with Gasteiger partial charge in [0, 0.05) is 31.4 Å². The third-order valence-electron chi connectivity index (χ3n) is 2.52. The molecule has 0 aromatic carbocycles. The second-order valence-corrected chi connectivity index (χ2v) is 3.84. The normalized spacial score (nSPS) is 14.9. The molecule has 1 heterocycles. The number of rotatable bonds is 6. The second kappa shape index (κ2) is 5.12. The van der Waals surface area contributed by atoms with Gasteiger partial charge < -0.3 is 15.4 Å². The van der Waals surface area contributed by atoms with Crippen molar-refractivity contribution < 1.29 is 4.74 Å². The highest BCUT2D eigenvalue weighted by atomic mass is 16.5. The SMILES string of the molecule is CCOc1ccnc(N(CCN)C2CC2)n1. The largest absolute Gasteiger partial charge is 0.478 e. The minimum absolute atomic E-state index is 0.570. The first-order chi connectivity index (χ1) is 7.85. The third kappa shape index (κ3) is 2.61. The summed E-state index contributed by atoms with van der Waals surface area (Å²) in [6, 6.07) is 2.35. The van der Waals surface area contributed by atoms with Gasteiger partial charge in [0.05, 0.1) is 6.61 Å². The van der Waals surface area contributed by atoms with Crippen LogP contribution < -0.4 is 15.4 Å². The number of hydrogen-bond acceptors (Lipinski definition) is 5. The first-order valence-electron chi connectivity index (χ1n) is 5.77. The quantitative estimate of drug-likeness (QED) is 0.771. The molecule has 0 atom stereocenters. The summed E-state index contributed by atoms with van der Waals surface area (Å²) in [4.78, 5) is 10.8. The highest BCUT2D eigenvalue weighted by Crippen LogP contribution is 2.29. The Morgan fingerprint density at radius 3 is 3.00 bits per heavy atom. The van der Waals surface area contributed by atoms with Crippen LogP contribution in [-0.2, 0) is 0 Å². The highest BCUT2D eigenvalue weighted by molar-refractivity contribution is 5.35. The van der Waals surface area contributed by atoms with E-state index in [1.165, 1.54) is 12.8 Å². The zero-order valence-corrected chi connectivity index (χ0v) is 9.59. The molecule has 2 N–H and O–H groups in total. The van der Waals surface area contributed by atoms with Crippen molar-refractivity contribution in [3.63, 3.8) is 0 Å². The first-order valence-corrected chi connectivity index (χ1v) is 5.77. The standard InChI is InChI=1S/C11H18N4O/c1-2-16-10-5-7-13-11(14-10)15(8-6-12)9-3-4-9/h5,7,9H,2-4,6,8,12H2,1H3. The Kier molecular flexibility index (Phi) is 3.56. The first kappa shape index (κ1) is 11.1. The number of nitrogens with zero attached hydrogens (tertiary/aromatic N) is 3. The van der Waals surface area contributed by atoms with E-state index >= 15 is 0 Å². The van der Waals surface area contributed by atoms with E-state index in [1.807, 2.05) is 6.92 Å². The van der Waals surface area contributed by atoms with E-state index < -0.39 is 0 Å². The molecule has 0 amide bonds. The summed E-state index contributed by atoms with van der Waals surface area (Å²) in [7, 11) is 0. The number of anilines is 1. The van der Waals surface area contributed by atoms with Gasteiger partial charge in [0.15, 0.2) is 0 Å². The molecule has 0 unspecified atom stereocenters. The lowest BCUT2D eigenvalue weighted by molar-refractivity contribution is 0.326. The Bertz CT molecular complexity index is 341. The molecule has 1 aromatic rings. The van der Waals surface area contributed by atoms with Crippen molar-refractivity contribution >= 4 is 5.95 Å². The summed E-state index contributed by atoms with van der Waals surface area (Å²) in [6.45, 7) is 4.00. The maximum Gasteiger partial charge on any atom is 0.228 e. The molecule has 0 bridgehead atoms. The van der Waals surface area contributed by atoms with Crippen LogP contribution in [0.5, 0.6) is 5.88 Å². The molecule has 1 aliphatic carbocycles. The van der Waals surface area contributed by atoms with Gasteiger partial charge in [-0.3, -0.25) is 0 Å². The highest BCUT2D eigenvalue weighted by Gasteiger charge is 2.30. The molecule has 0 aliphatic heterocycles. The van der Waals surface area contributed by atoms with Crippen molar-refractivity contribution in [3.8, 4) is 5.88 Å². The van der Waals surface area contributed by atoms with Crippen molar-refractivity contribution in [2.75, 3.05) is 24.6 Å². The molecule has 0 saturated heterocycles. The predicted molar refractivity (Wildman–Crippen MR) is 62.6 cm³/mol. The Balaban J connectivity index is 2.12. The van der Waals surface area contributed by atoms with E-state index in [1.54, 1.807) is 12.3 Å². The summed E-state index contributed by atoms with van der Waals surface area (Å²) >= 11 is 0. The van der Waals surface area contributed by atoms with Gasteiger partial charge in [-0.15, -0.1) is 0 Å². The maximum atomic E-state index is 5.60. The fourth-order valence-electron chi connectivity index (χ4n) is 1.67. The van der Waals surface area contributed by atoms with Gasteiger partial charge in [-0.25, -0.2) is 4.98 Å². The Morgan fingerprint density at radius 1 is 1.56 bits per heavy atom. The molecule has 1 fully saturated rings. The number of ether oxygens (including phenoxy) is 1. The maximum absolute atomic E-state index is 5.60. The summed E-state index contributed by atoms with van der Waals surface area (Å²) in [5, 5.41) is 0. The van der Waals surface area contributed by atoms with Crippen molar-refractivity contribution in [1.82, 2.24) is 9.97 Å². The molecule has 88 valence electrons. The van der Waals surface area contributed by atoms with Gasteiger partial charge in [-0.2, -0.15) is 4.98 Å². The molecule has 0 radical (unpaired) electrons. The van der Waals surface area contributed by atoms with E-state index in [9.17, 15) is 0 Å². The average Bonchev–Trinajstić information content (AvgIpc) is 3.11. The lowest BCUT2D eigenvalue weighted by Crippen LogP contribution is -2.32. The van der Waals surface area contributed by atoms with Crippen molar-refractivity contribution in [3.05, 3.63) is 12.3 Å². The van der Waals surface area contributed by atoms with E-state index in [-0.39, 0.29) is 0 Å². The van der Waals surface area contributed by atoms with Gasteiger partial charge in [-0.1, -0.05) is 0 Å². The Labute approximate surface area is 95.6 Å². The van der Waals surface area contributed by atoms with Crippen LogP contribution in [0.3, 0.4) is 0 Å². The molecule has 5 heteroatoms. The Hall–Kier alpha value is -1.36. The number of aromatic nitrogens is 2. The lowest BCUT2D eigenvalue weighted by atomic mass is 10.5. The molecule has 1 saturated carbocycles. The van der Waals surface area contributed by atoms with E-state index in [0.29, 0.717) is 25.1 Å². The van der Waals surface area contributed by atoms with E-state index in [2.05, 4.69) is 14.9 Å². The third-order valence-corrected chi connectivity index (χ3v) is 2.52. The van der Waals surface area contributed by atoms with Crippen LogP contribution in [0, 0.1) is 0 Å². The van der Waals surface area contributed by atoms with Crippen LogP contribution in [0.1, 0.15) is 19.8 Å². The molecular formula is C11H18N4O. The second-order valence-electron chi connectivity index (χ2n) is 3.84. The molecule has 1 aliphatic rings. The fourth-order valence-corrected chi connectivity index (χ4v) is 1.67. The van der Waals surface area contributed by atoms with Crippen LogP contribution in [0.25, 0.3) is 0 Å². The molecule has 0 spiro atoms. The molecular weight excluding hydrogens is 204 g/mol. The van der Waals surface area contributed by atoms with E-state index in [0.717, 1.165) is 12.5 Å². The summed E-state index contributed by atoms with van der Waals surface area (Å²) < 4.78 is 5.37. The average molecular weight is 222 g/mol. The van der Waals surface area contributed by atoms with Gasteiger partial charge in [-0.05, 0) is 19.8 Å². The van der Waals surface area contributed by atoms with Crippen molar-refractivity contribution in [1.29, 1.82) is 0 Å². The molecule has 5 nitrogen and oxygen atoms in total. The molecule has 16 heavy (non-hydrogen) atoms. The zero-order chi connectivity index (χ0) is 11.4. The van der Waals surface area contributed by atoms with Crippen LogP contribution in [-0.4, -0.2) is 35.7 Å². The summed E-state index contributed by atoms with van der Waals surface area (Å²) in [5.74, 6) is 1.37.